The number of amides is 1. The van der Waals surface area contributed by atoms with Crippen LogP contribution in [0.25, 0.3) is 0 Å². The van der Waals surface area contributed by atoms with Crippen molar-refractivity contribution in [2.24, 2.45) is 5.16 Å². The Bertz CT molecular complexity index is 782. The molecule has 1 spiro atoms. The maximum atomic E-state index is 13.4. The average molecular weight is 342 g/mol. The third-order valence-electron chi connectivity index (χ3n) is 5.86. The van der Waals surface area contributed by atoms with Crippen LogP contribution < -0.4 is 5.32 Å². The fraction of sp³-hybridized carbons (Fsp3) is 0.550. The van der Waals surface area contributed by atoms with Gasteiger partial charge in [-0.2, -0.15) is 0 Å². The van der Waals surface area contributed by atoms with Gasteiger partial charge in [-0.3, -0.25) is 9.59 Å². The first-order chi connectivity index (χ1) is 11.8. The predicted octanol–water partition coefficient (Wildman–Crippen LogP) is 3.02. The summed E-state index contributed by atoms with van der Waals surface area (Å²) in [6, 6.07) is 2.07. The van der Waals surface area contributed by atoms with E-state index >= 15 is 0 Å². The van der Waals surface area contributed by atoms with Crippen molar-refractivity contribution >= 4 is 17.4 Å². The third-order valence-corrected chi connectivity index (χ3v) is 5.86. The number of benzene rings is 1. The first kappa shape index (κ1) is 17.6. The summed E-state index contributed by atoms with van der Waals surface area (Å²) < 4.78 is 0. The van der Waals surface area contributed by atoms with E-state index in [0.29, 0.717) is 12.8 Å². The van der Waals surface area contributed by atoms with Crippen LogP contribution in [0.5, 0.6) is 0 Å². The molecule has 2 fully saturated rings. The van der Waals surface area contributed by atoms with Crippen molar-refractivity contribution < 1.29 is 14.4 Å². The van der Waals surface area contributed by atoms with E-state index in [2.05, 4.69) is 23.5 Å². The minimum atomic E-state index is -0.824. The summed E-state index contributed by atoms with van der Waals surface area (Å²) in [5.41, 5.74) is 5.28. The average Bonchev–Trinajstić information content (AvgIpc) is 2.77. The van der Waals surface area contributed by atoms with Gasteiger partial charge in [-0.05, 0) is 74.8 Å². The molecule has 3 rings (SSSR count). The molecule has 2 atom stereocenters. The first-order valence-electron chi connectivity index (χ1n) is 8.83. The molecule has 0 aromatic heterocycles. The molecule has 134 valence electrons. The molecule has 1 N–H and O–H groups in total. The maximum absolute atomic E-state index is 13.4. The largest absolute Gasteiger partial charge is 0.399 e. The molecule has 1 aromatic carbocycles. The Morgan fingerprint density at radius 1 is 1.16 bits per heavy atom. The fourth-order valence-corrected chi connectivity index (χ4v) is 4.42. The van der Waals surface area contributed by atoms with E-state index in [0.717, 1.165) is 40.8 Å². The Balaban J connectivity index is 2.04. The zero-order valence-corrected chi connectivity index (χ0v) is 15.7. The van der Waals surface area contributed by atoms with E-state index in [4.69, 9.17) is 4.84 Å². The van der Waals surface area contributed by atoms with Crippen LogP contribution in [0.3, 0.4) is 0 Å². The lowest BCUT2D eigenvalue weighted by atomic mass is 9.74. The molecule has 1 saturated heterocycles. The van der Waals surface area contributed by atoms with Crippen molar-refractivity contribution in [1.29, 1.82) is 0 Å². The number of nitrogens with one attached hydrogen (secondary N) is 1. The van der Waals surface area contributed by atoms with Gasteiger partial charge in [0.1, 0.15) is 18.6 Å². The Morgan fingerprint density at radius 3 is 2.56 bits per heavy atom. The van der Waals surface area contributed by atoms with Crippen LogP contribution in [0.15, 0.2) is 11.2 Å². The molecular weight excluding hydrogens is 316 g/mol. The molecule has 2 aliphatic rings. The number of rotatable bonds is 2. The van der Waals surface area contributed by atoms with Gasteiger partial charge in [0, 0.05) is 6.42 Å². The zero-order chi connectivity index (χ0) is 18.4. The van der Waals surface area contributed by atoms with E-state index in [1.807, 2.05) is 20.8 Å². The first-order valence-corrected chi connectivity index (χ1v) is 8.83. The van der Waals surface area contributed by atoms with E-state index in [1.165, 1.54) is 12.7 Å². The van der Waals surface area contributed by atoms with Crippen LogP contribution in [0.4, 0.5) is 0 Å². The quantitative estimate of drug-likeness (QED) is 0.663. The highest BCUT2D eigenvalue weighted by Crippen LogP contribution is 2.41. The van der Waals surface area contributed by atoms with Gasteiger partial charge in [-0.15, -0.1) is 0 Å². The van der Waals surface area contributed by atoms with Gasteiger partial charge in [-0.25, -0.2) is 0 Å². The van der Waals surface area contributed by atoms with Crippen molar-refractivity contribution in [2.75, 3.05) is 7.11 Å². The van der Waals surface area contributed by atoms with Gasteiger partial charge in [0.2, 0.25) is 5.91 Å². The van der Waals surface area contributed by atoms with Gasteiger partial charge in [0.05, 0.1) is 5.71 Å². The van der Waals surface area contributed by atoms with Gasteiger partial charge < -0.3 is 10.2 Å². The Morgan fingerprint density at radius 2 is 1.88 bits per heavy atom. The Labute approximate surface area is 148 Å². The van der Waals surface area contributed by atoms with Crippen molar-refractivity contribution in [3.8, 4) is 0 Å². The number of nitrogens with zero attached hydrogens (tertiary/aromatic N) is 1. The summed E-state index contributed by atoms with van der Waals surface area (Å²) in [6.45, 7) is 8.10. The highest BCUT2D eigenvalue weighted by molar-refractivity contribution is 6.19. The summed E-state index contributed by atoms with van der Waals surface area (Å²) in [7, 11) is 1.51. The number of oxime groups is 1. The predicted molar refractivity (Wildman–Crippen MR) is 96.9 cm³/mol. The molecular formula is C20H26N2O3. The number of aryl methyl sites for hydroxylation is 2. The lowest BCUT2D eigenvalue weighted by molar-refractivity contribution is -0.125. The van der Waals surface area contributed by atoms with Crippen molar-refractivity contribution in [3.05, 3.63) is 33.9 Å². The van der Waals surface area contributed by atoms with Crippen molar-refractivity contribution in [3.63, 3.8) is 0 Å². The number of ketones is 1. The molecule has 1 saturated carbocycles. The molecule has 1 aliphatic carbocycles. The number of hydrogen-bond acceptors (Lipinski definition) is 4. The lowest BCUT2D eigenvalue weighted by Crippen LogP contribution is -2.50. The SMILES string of the molecule is CON=C1CCCC2(C1)NC(=O)C(c1c(C)cc(C)c(C)c1C)C2=O. The molecule has 0 bridgehead atoms. The van der Waals surface area contributed by atoms with Crippen LogP contribution in [0.2, 0.25) is 0 Å². The maximum Gasteiger partial charge on any atom is 0.235 e. The molecule has 25 heavy (non-hydrogen) atoms. The van der Waals surface area contributed by atoms with E-state index < -0.39 is 11.5 Å². The zero-order valence-electron chi connectivity index (χ0n) is 15.7. The van der Waals surface area contributed by atoms with Crippen LogP contribution in [0.1, 0.15) is 59.4 Å². The van der Waals surface area contributed by atoms with Crippen molar-refractivity contribution in [2.45, 2.75) is 64.8 Å². The normalized spacial score (nSPS) is 27.9. The Hall–Kier alpha value is -2.17. The molecule has 5 heteroatoms. The second-order valence-electron chi connectivity index (χ2n) is 7.41. The summed E-state index contributed by atoms with van der Waals surface area (Å²) in [5, 5.41) is 7.05. The van der Waals surface area contributed by atoms with E-state index in [-0.39, 0.29) is 11.7 Å². The smallest absolute Gasteiger partial charge is 0.235 e. The summed E-state index contributed by atoms with van der Waals surface area (Å²) in [4.78, 5) is 31.1. The van der Waals surface area contributed by atoms with Gasteiger partial charge >= 0.3 is 0 Å². The third kappa shape index (κ3) is 2.75. The van der Waals surface area contributed by atoms with E-state index in [9.17, 15) is 9.59 Å². The van der Waals surface area contributed by atoms with Gasteiger partial charge in [0.25, 0.3) is 0 Å². The monoisotopic (exact) mass is 342 g/mol. The number of Topliss-reactive ketones (excluding diaryl/α,β-unsaturated/α-hetero) is 1. The summed E-state index contributed by atoms with van der Waals surface area (Å²) >= 11 is 0. The minimum Gasteiger partial charge on any atom is -0.399 e. The Kier molecular flexibility index (Phi) is 4.43. The highest BCUT2D eigenvalue weighted by Gasteiger charge is 2.54. The van der Waals surface area contributed by atoms with E-state index in [1.54, 1.807) is 0 Å². The molecule has 1 aromatic rings. The second kappa shape index (κ2) is 6.28. The summed E-state index contributed by atoms with van der Waals surface area (Å²) in [5.74, 6) is -0.922. The van der Waals surface area contributed by atoms with Crippen LogP contribution >= 0.6 is 0 Å². The molecule has 1 heterocycles. The number of carbonyl (C=O) groups is 2. The van der Waals surface area contributed by atoms with Crippen LogP contribution in [-0.4, -0.2) is 30.1 Å². The minimum absolute atomic E-state index is 0.0181. The molecule has 1 amide bonds. The number of carbonyl (C=O) groups excluding carboxylic acids is 2. The number of hydrogen-bond donors (Lipinski definition) is 1. The van der Waals surface area contributed by atoms with Crippen molar-refractivity contribution in [1.82, 2.24) is 5.32 Å². The molecule has 5 nitrogen and oxygen atoms in total. The fourth-order valence-electron chi connectivity index (χ4n) is 4.42. The topological polar surface area (TPSA) is 67.8 Å². The lowest BCUT2D eigenvalue weighted by Gasteiger charge is -2.32. The summed E-state index contributed by atoms with van der Waals surface area (Å²) in [6.07, 6.45) is 2.75. The van der Waals surface area contributed by atoms with Gasteiger partial charge in [0.15, 0.2) is 5.78 Å². The molecule has 1 aliphatic heterocycles. The van der Waals surface area contributed by atoms with Gasteiger partial charge in [-0.1, -0.05) is 11.2 Å². The molecule has 0 radical (unpaired) electrons. The highest BCUT2D eigenvalue weighted by atomic mass is 16.6. The molecule has 2 unspecified atom stereocenters. The second-order valence-corrected chi connectivity index (χ2v) is 7.41. The van der Waals surface area contributed by atoms with Crippen LogP contribution in [0, 0.1) is 27.7 Å². The van der Waals surface area contributed by atoms with Crippen LogP contribution in [-0.2, 0) is 14.4 Å². The standard InChI is InChI=1S/C20H26N2O3/c1-11-9-12(2)16(14(4)13(11)3)17-18(23)20(21-19(17)24)8-6-7-15(10-20)22-25-5/h9,17H,6-8,10H2,1-5H3,(H,21,24).